The van der Waals surface area contributed by atoms with Crippen LogP contribution in [0, 0.1) is 0 Å². The van der Waals surface area contributed by atoms with E-state index in [4.69, 9.17) is 0 Å². The molecule has 0 N–H and O–H groups in total. The van der Waals surface area contributed by atoms with Crippen molar-refractivity contribution < 1.29 is 0 Å². The third kappa shape index (κ3) is 2.61. The number of aryl methyl sites for hydroxylation is 1. The summed E-state index contributed by atoms with van der Waals surface area (Å²) in [7, 11) is 3.89. The topological polar surface area (TPSA) is 0 Å². The van der Waals surface area contributed by atoms with Gasteiger partial charge in [-0.25, -0.2) is 0 Å². The lowest BCUT2D eigenvalue weighted by Crippen LogP contribution is -2.20. The molecule has 1 heteroatoms. The van der Waals surface area contributed by atoms with Gasteiger partial charge < -0.3 is 0 Å². The number of benzene rings is 1. The summed E-state index contributed by atoms with van der Waals surface area (Å²) in [6, 6.07) is 6.97. The van der Waals surface area contributed by atoms with Crippen molar-refractivity contribution in [1.82, 2.24) is 0 Å². The van der Waals surface area contributed by atoms with Crippen molar-refractivity contribution in [2.45, 2.75) is 57.9 Å². The van der Waals surface area contributed by atoms with Gasteiger partial charge in [-0.1, -0.05) is 63.0 Å². The highest BCUT2D eigenvalue weighted by molar-refractivity contribution is 6.19. The minimum absolute atomic E-state index is 0.0378. The van der Waals surface area contributed by atoms with E-state index in [9.17, 15) is 0 Å². The van der Waals surface area contributed by atoms with Gasteiger partial charge in [0, 0.05) is 15.3 Å². The van der Waals surface area contributed by atoms with Crippen molar-refractivity contribution in [3.05, 3.63) is 40.5 Å². The Bertz CT molecular complexity index is 455. The molecule has 0 aromatic heterocycles. The van der Waals surface area contributed by atoms with Crippen molar-refractivity contribution in [2.24, 2.45) is 0 Å². The van der Waals surface area contributed by atoms with Crippen LogP contribution >= 0.6 is 0 Å². The molecule has 18 heavy (non-hydrogen) atoms. The quantitative estimate of drug-likeness (QED) is 0.532. The molecular weight excluding hydrogens is 232 g/mol. The lowest BCUT2D eigenvalue weighted by atomic mass is 9.95. The second-order valence-electron chi connectivity index (χ2n) is 5.68. The van der Waals surface area contributed by atoms with Crippen molar-refractivity contribution in [1.29, 1.82) is 0 Å². The smallest absolute Gasteiger partial charge is 0.0435 e. The zero-order valence-electron chi connectivity index (χ0n) is 11.8. The average Bonchev–Trinajstić information content (AvgIpc) is 2.56. The summed E-state index contributed by atoms with van der Waals surface area (Å²) in [6.07, 6.45) is 8.90. The number of hydrogen-bond donors (Lipinski definition) is 0. The van der Waals surface area contributed by atoms with E-state index in [1.165, 1.54) is 54.4 Å². The maximum atomic E-state index is 3.89. The van der Waals surface area contributed by atoms with Crippen LogP contribution in [0.15, 0.2) is 23.8 Å². The molecule has 0 spiro atoms. The number of unbranched alkanes of at least 4 members (excludes halogenated alkanes) is 3. The van der Waals surface area contributed by atoms with Gasteiger partial charge in [0.15, 0.2) is 0 Å². The maximum absolute atomic E-state index is 3.89. The zero-order valence-corrected chi connectivity index (χ0v) is 12.8. The fourth-order valence-corrected chi connectivity index (χ4v) is 2.99. The highest BCUT2D eigenvalue weighted by Crippen LogP contribution is 2.39. The Labute approximate surface area is 115 Å². The summed E-state index contributed by atoms with van der Waals surface area (Å²) in [5, 5.41) is 0.0378. The van der Waals surface area contributed by atoms with Gasteiger partial charge in [-0.15, -0.1) is 0 Å². The first-order chi connectivity index (χ1) is 8.55. The summed E-state index contributed by atoms with van der Waals surface area (Å²) < 4.78 is 0. The predicted molar refractivity (Wildman–Crippen MR) is 81.0 cm³/mol. The van der Waals surface area contributed by atoms with Crippen molar-refractivity contribution in [2.75, 3.05) is 0 Å². The highest BCUT2D eigenvalue weighted by Gasteiger charge is 2.29. The summed E-state index contributed by atoms with van der Waals surface area (Å²) >= 11 is 0. The van der Waals surface area contributed by atoms with Gasteiger partial charge in [0.2, 0.25) is 0 Å². The Morgan fingerprint density at radius 2 is 1.94 bits per heavy atom. The minimum Gasteiger partial charge on any atom is -0.0660 e. The van der Waals surface area contributed by atoms with E-state index in [-0.39, 0.29) is 5.04 Å². The molecule has 0 aliphatic heterocycles. The average molecular weight is 255 g/mol. The second kappa shape index (κ2) is 5.44. The van der Waals surface area contributed by atoms with Crippen LogP contribution in [-0.4, -0.2) is 10.2 Å². The molecule has 1 atom stereocenters. The van der Waals surface area contributed by atoms with Crippen LogP contribution in [0.25, 0.3) is 6.08 Å². The third-order valence-electron chi connectivity index (χ3n) is 4.13. The second-order valence-corrected chi connectivity index (χ2v) is 6.68. The van der Waals surface area contributed by atoms with Crippen molar-refractivity contribution >= 4 is 16.3 Å². The fourth-order valence-electron chi connectivity index (χ4n) is 2.69. The molecule has 0 bridgehead atoms. The predicted octanol–water partition coefficient (Wildman–Crippen LogP) is 4.61. The number of allylic oxidation sites excluding steroid dienone is 1. The maximum Gasteiger partial charge on any atom is 0.0435 e. The van der Waals surface area contributed by atoms with Crippen molar-refractivity contribution in [3.8, 4) is 0 Å². The highest BCUT2D eigenvalue weighted by atomic mass is 28.1. The van der Waals surface area contributed by atoms with Gasteiger partial charge in [-0.3, -0.25) is 0 Å². The van der Waals surface area contributed by atoms with E-state index in [1.54, 1.807) is 0 Å². The zero-order chi connectivity index (χ0) is 13.2. The van der Waals surface area contributed by atoms with Gasteiger partial charge >= 0.3 is 0 Å². The van der Waals surface area contributed by atoms with E-state index in [0.29, 0.717) is 0 Å². The van der Waals surface area contributed by atoms with Gasteiger partial charge in [0.25, 0.3) is 0 Å². The van der Waals surface area contributed by atoms with Crippen LogP contribution in [0.3, 0.4) is 0 Å². The van der Waals surface area contributed by atoms with E-state index < -0.39 is 0 Å². The Balaban J connectivity index is 2.08. The molecule has 0 fully saturated rings. The van der Waals surface area contributed by atoms with E-state index in [1.807, 2.05) is 0 Å². The molecule has 1 aromatic rings. The molecule has 0 saturated heterocycles. The van der Waals surface area contributed by atoms with Gasteiger partial charge in [-0.2, -0.15) is 0 Å². The van der Waals surface area contributed by atoms with Crippen LogP contribution in [-0.2, 0) is 11.5 Å². The molecule has 1 aliphatic rings. The molecule has 1 aliphatic carbocycles. The van der Waals surface area contributed by atoms with Crippen LogP contribution in [0.2, 0.25) is 0 Å². The van der Waals surface area contributed by atoms with Crippen LogP contribution in [0.4, 0.5) is 0 Å². The summed E-state index contributed by atoms with van der Waals surface area (Å²) in [4.78, 5) is 0. The van der Waals surface area contributed by atoms with E-state index in [0.717, 1.165) is 0 Å². The molecule has 0 heterocycles. The standard InChI is InChI=1S/C17H23Si/c1-4-5-6-7-8-14-9-10-16-15(12-14)11-13(2)17(16,3)18/h9-12H,4-8H2,1-3H3. The Hall–Kier alpha value is -0.823. The monoisotopic (exact) mass is 255 g/mol. The number of hydrogen-bond acceptors (Lipinski definition) is 0. The normalized spacial score (nSPS) is 21.9. The third-order valence-corrected chi connectivity index (χ3v) is 4.80. The minimum atomic E-state index is 0.0378. The summed E-state index contributed by atoms with van der Waals surface area (Å²) in [6.45, 7) is 6.70. The van der Waals surface area contributed by atoms with E-state index in [2.05, 4.69) is 55.3 Å². The molecule has 1 aromatic carbocycles. The van der Waals surface area contributed by atoms with Crippen molar-refractivity contribution in [3.63, 3.8) is 0 Å². The first kappa shape index (κ1) is 13.6. The lowest BCUT2D eigenvalue weighted by Gasteiger charge is -2.22. The Kier molecular flexibility index (Phi) is 4.11. The van der Waals surface area contributed by atoms with Gasteiger partial charge in [0.1, 0.15) is 0 Å². The van der Waals surface area contributed by atoms with Gasteiger partial charge in [-0.05, 0) is 36.5 Å². The molecule has 0 amide bonds. The molecule has 0 nitrogen and oxygen atoms in total. The Morgan fingerprint density at radius 3 is 2.67 bits per heavy atom. The number of fused-ring (bicyclic) bond motifs is 1. The van der Waals surface area contributed by atoms with Crippen LogP contribution < -0.4 is 0 Å². The summed E-state index contributed by atoms with van der Waals surface area (Å²) in [5.41, 5.74) is 5.70. The molecule has 1 unspecified atom stereocenters. The first-order valence-electron chi connectivity index (χ1n) is 7.13. The molecule has 3 radical (unpaired) electrons. The molecule has 95 valence electrons. The molecule has 2 rings (SSSR count). The van der Waals surface area contributed by atoms with E-state index >= 15 is 0 Å². The SMILES string of the molecule is CCCCCCc1ccc2c(c1)C=C(C)C2(C)[Si]. The molecule has 0 saturated carbocycles. The lowest BCUT2D eigenvalue weighted by molar-refractivity contribution is 0.666. The molecular formula is C17H23Si. The van der Waals surface area contributed by atoms with Gasteiger partial charge in [0.05, 0.1) is 0 Å². The first-order valence-corrected chi connectivity index (χ1v) is 7.63. The van der Waals surface area contributed by atoms with Crippen LogP contribution in [0.5, 0.6) is 0 Å². The summed E-state index contributed by atoms with van der Waals surface area (Å²) in [5.74, 6) is 0. The van der Waals surface area contributed by atoms with Crippen LogP contribution in [0.1, 0.15) is 63.1 Å². The fraction of sp³-hybridized carbons (Fsp3) is 0.529. The Morgan fingerprint density at radius 1 is 1.17 bits per heavy atom. The largest absolute Gasteiger partial charge is 0.0660 e. The number of rotatable bonds is 5.